The van der Waals surface area contributed by atoms with Gasteiger partial charge in [-0.1, -0.05) is 57.0 Å². The van der Waals surface area contributed by atoms with E-state index in [1.807, 2.05) is 0 Å². The van der Waals surface area contributed by atoms with E-state index in [1.54, 1.807) is 23.3 Å². The molecule has 0 saturated carbocycles. The van der Waals surface area contributed by atoms with E-state index in [0.717, 1.165) is 0 Å². The molecule has 4 aromatic carbocycles. The van der Waals surface area contributed by atoms with Gasteiger partial charge in [0.15, 0.2) is 0 Å². The summed E-state index contributed by atoms with van der Waals surface area (Å²) in [6.45, 7) is 19.9. The molecule has 31 heavy (non-hydrogen) atoms. The quantitative estimate of drug-likeness (QED) is 0.180. The maximum absolute atomic E-state index is 2.31. The van der Waals surface area contributed by atoms with Gasteiger partial charge in [-0.15, -0.1) is 46.7 Å². The second-order valence-electron chi connectivity index (χ2n) is 8.77. The van der Waals surface area contributed by atoms with Crippen LogP contribution in [0.3, 0.4) is 0 Å². The normalized spacial score (nSPS) is 10.3. The van der Waals surface area contributed by atoms with Crippen molar-refractivity contribution in [1.29, 1.82) is 0 Å². The maximum Gasteiger partial charge on any atom is -0.0393 e. The second-order valence-corrected chi connectivity index (χ2v) is 18.1. The van der Waals surface area contributed by atoms with Crippen LogP contribution in [-0.2, 0) is 23.3 Å². The Hall–Kier alpha value is -1.50. The molecule has 0 spiro atoms. The monoisotopic (exact) mass is 502 g/mol. The van der Waals surface area contributed by atoms with Crippen LogP contribution in [0.2, 0.25) is 13.1 Å². The molecule has 0 aliphatic heterocycles. The molecule has 0 atom stereocenters. The smallest absolute Gasteiger partial charge is 0.0393 e. The van der Waals surface area contributed by atoms with Crippen molar-refractivity contribution in [1.82, 2.24) is 0 Å². The van der Waals surface area contributed by atoms with E-state index in [1.165, 1.54) is 60.8 Å². The van der Waals surface area contributed by atoms with E-state index in [-0.39, 0.29) is 5.43 Å². The van der Waals surface area contributed by atoms with Crippen molar-refractivity contribution >= 4 is 16.2 Å². The molecule has 0 heterocycles. The zero-order chi connectivity index (χ0) is 23.3. The Labute approximate surface area is 204 Å². The average molecular weight is 504 g/mol. The summed E-state index contributed by atoms with van der Waals surface area (Å²) in [5.41, 5.74) is 12.8. The number of fused-ring (bicyclic) bond motifs is 1. The van der Waals surface area contributed by atoms with Crippen LogP contribution in [0.5, 0.6) is 0 Å². The molecule has 0 N–H and O–H groups in total. The van der Waals surface area contributed by atoms with Gasteiger partial charge in [0.05, 0.1) is 0 Å². The molecule has 160 valence electrons. The van der Waals surface area contributed by atoms with Crippen molar-refractivity contribution in [3.05, 3.63) is 93.5 Å². The van der Waals surface area contributed by atoms with Crippen molar-refractivity contribution in [2.24, 2.45) is 0 Å². The summed E-state index contributed by atoms with van der Waals surface area (Å²) in [7, 11) is 0. The fourth-order valence-corrected chi connectivity index (χ4v) is 3.77. The summed E-state index contributed by atoms with van der Waals surface area (Å²) < 4.78 is 0. The molecule has 0 aliphatic rings. The minimum absolute atomic E-state index is 0.210. The third-order valence-corrected chi connectivity index (χ3v) is 6.21. The first-order valence-corrected chi connectivity index (χ1v) is 17.2. The van der Waals surface area contributed by atoms with E-state index >= 15 is 0 Å². The minimum Gasteiger partial charge on any atom is -0.196 e. The molecule has 0 nitrogen and oxygen atoms in total. The van der Waals surface area contributed by atoms with Crippen molar-refractivity contribution < 1.29 is 23.3 Å². The molecule has 0 amide bonds. The first-order chi connectivity index (χ1) is 14.5. The fraction of sp³-hybridized carbons (Fsp3) is 0.310. The molecular formula is C29H36SiZr. The van der Waals surface area contributed by atoms with Gasteiger partial charge >= 0.3 is 41.9 Å². The van der Waals surface area contributed by atoms with Crippen molar-refractivity contribution in [3.63, 3.8) is 0 Å². The van der Waals surface area contributed by atoms with Gasteiger partial charge < -0.3 is 0 Å². The van der Waals surface area contributed by atoms with Crippen LogP contribution in [-0.4, -0.2) is 5.43 Å². The Morgan fingerprint density at radius 1 is 0.677 bits per heavy atom. The Morgan fingerprint density at radius 3 is 1.74 bits per heavy atom. The van der Waals surface area contributed by atoms with Gasteiger partial charge in [0, 0.05) is 0 Å². The Balaban J connectivity index is 0.000000220. The zero-order valence-electron chi connectivity index (χ0n) is 20.7. The molecule has 4 rings (SSSR count). The summed E-state index contributed by atoms with van der Waals surface area (Å²) in [4.78, 5) is 0. The van der Waals surface area contributed by atoms with Crippen LogP contribution < -0.4 is 0 Å². The molecule has 2 heteroatoms. The topological polar surface area (TPSA) is 0 Å². The first kappa shape index (κ1) is 25.8. The summed E-state index contributed by atoms with van der Waals surface area (Å²) >= 11 is 1.74. The van der Waals surface area contributed by atoms with Crippen molar-refractivity contribution in [3.8, 4) is 11.1 Å². The Bertz CT molecular complexity index is 1160. The SMILES string of the molecule is C[Si](C)=[Zr+2].Cc1[cH-]c(C)c(C)c1C.Cc1ccc(-c2c[cH-]c3ccccc23)c(C)c1C. The standard InChI is InChI=1S/C18H17.C9H13.C2H6Si.Zr/c1-12-8-10-16(14(3)13(12)2)18-11-9-15-6-4-5-7-17(15)18;1-6-5-7(2)9(4)8(6)3;1-3-2;/h4-11H,1-3H3;5H,1-4H3;1-2H3;/q2*-1;;+2. The minimum atomic E-state index is 0.210. The van der Waals surface area contributed by atoms with Crippen LogP contribution in [0.15, 0.2) is 54.6 Å². The van der Waals surface area contributed by atoms with Crippen LogP contribution in [0.4, 0.5) is 0 Å². The molecular weight excluding hydrogens is 468 g/mol. The number of hydrogen-bond acceptors (Lipinski definition) is 0. The third kappa shape index (κ3) is 6.50. The van der Waals surface area contributed by atoms with Gasteiger partial charge in [-0.3, -0.25) is 0 Å². The molecule has 0 saturated heterocycles. The van der Waals surface area contributed by atoms with Gasteiger partial charge in [0.25, 0.3) is 0 Å². The molecule has 0 aliphatic carbocycles. The summed E-state index contributed by atoms with van der Waals surface area (Å²) in [5, 5.41) is 2.67. The fourth-order valence-electron chi connectivity index (χ4n) is 3.77. The van der Waals surface area contributed by atoms with Crippen molar-refractivity contribution in [2.45, 2.75) is 61.6 Å². The molecule has 0 unspecified atom stereocenters. The average Bonchev–Trinajstić information content (AvgIpc) is 3.23. The van der Waals surface area contributed by atoms with E-state index in [0.29, 0.717) is 0 Å². The van der Waals surface area contributed by atoms with Gasteiger partial charge in [0.2, 0.25) is 0 Å². The van der Waals surface area contributed by atoms with Gasteiger partial charge in [0.1, 0.15) is 0 Å². The number of hydrogen-bond donors (Lipinski definition) is 0. The van der Waals surface area contributed by atoms with Crippen LogP contribution in [0.25, 0.3) is 21.9 Å². The van der Waals surface area contributed by atoms with E-state index < -0.39 is 0 Å². The zero-order valence-corrected chi connectivity index (χ0v) is 24.2. The number of aryl methyl sites for hydroxylation is 3. The Kier molecular flexibility index (Phi) is 9.46. The van der Waals surface area contributed by atoms with Crippen LogP contribution in [0.1, 0.15) is 38.9 Å². The predicted octanol–water partition coefficient (Wildman–Crippen LogP) is 8.57. The van der Waals surface area contributed by atoms with E-state index in [4.69, 9.17) is 0 Å². The first-order valence-electron chi connectivity index (χ1n) is 11.0. The molecule has 0 radical (unpaired) electrons. The summed E-state index contributed by atoms with van der Waals surface area (Å²) in [6.07, 6.45) is 0. The molecule has 0 aromatic heterocycles. The third-order valence-electron chi connectivity index (χ3n) is 6.21. The summed E-state index contributed by atoms with van der Waals surface area (Å²) in [6, 6.07) is 19.8. The maximum atomic E-state index is 2.31. The molecule has 4 aromatic rings. The van der Waals surface area contributed by atoms with E-state index in [2.05, 4.69) is 116 Å². The van der Waals surface area contributed by atoms with Crippen molar-refractivity contribution in [2.75, 3.05) is 0 Å². The molecule has 0 bridgehead atoms. The van der Waals surface area contributed by atoms with Gasteiger partial charge in [-0.25, -0.2) is 0 Å². The second kappa shape index (κ2) is 11.4. The Morgan fingerprint density at radius 2 is 1.23 bits per heavy atom. The van der Waals surface area contributed by atoms with Crippen LogP contribution >= 0.6 is 0 Å². The number of benzene rings is 2. The van der Waals surface area contributed by atoms with Gasteiger partial charge in [-0.05, 0) is 31.9 Å². The van der Waals surface area contributed by atoms with E-state index in [9.17, 15) is 0 Å². The predicted molar refractivity (Wildman–Crippen MR) is 138 cm³/mol. The molecule has 0 fully saturated rings. The number of rotatable bonds is 1. The summed E-state index contributed by atoms with van der Waals surface area (Å²) in [5.74, 6) is 0. The van der Waals surface area contributed by atoms with Gasteiger partial charge in [-0.2, -0.15) is 28.3 Å². The van der Waals surface area contributed by atoms with Crippen LogP contribution in [0, 0.1) is 48.5 Å². The largest absolute Gasteiger partial charge is 0.196 e.